The summed E-state index contributed by atoms with van der Waals surface area (Å²) in [6, 6.07) is 65.6. The predicted octanol–water partition coefficient (Wildman–Crippen LogP) is 16.2. The van der Waals surface area contributed by atoms with Crippen molar-refractivity contribution in [2.75, 3.05) is 0 Å². The van der Waals surface area contributed by atoms with E-state index in [2.05, 4.69) is 213 Å². The van der Waals surface area contributed by atoms with Gasteiger partial charge in [-0.3, -0.25) is 4.98 Å². The second kappa shape index (κ2) is 18.9. The van der Waals surface area contributed by atoms with Gasteiger partial charge in [0.2, 0.25) is 0 Å². The summed E-state index contributed by atoms with van der Waals surface area (Å²) in [6.07, 6.45) is 3.27. The van der Waals surface area contributed by atoms with Crippen LogP contribution in [0.3, 0.4) is 0 Å². The molecule has 0 fully saturated rings. The van der Waals surface area contributed by atoms with Crippen LogP contribution in [-0.2, 0) is 26.5 Å². The minimum atomic E-state index is -1.86. The smallest absolute Gasteiger partial charge is 0.0774 e. The van der Waals surface area contributed by atoms with E-state index >= 15 is 0 Å². The number of hydrogen-bond acceptors (Lipinski definition) is 3. The van der Waals surface area contributed by atoms with Crippen LogP contribution in [0.15, 0.2) is 170 Å². The van der Waals surface area contributed by atoms with Gasteiger partial charge in [-0.15, -0.1) is 23.8 Å². The van der Waals surface area contributed by atoms with Crippen LogP contribution >= 0.6 is 11.3 Å². The van der Waals surface area contributed by atoms with Crippen molar-refractivity contribution in [2.45, 2.75) is 57.3 Å². The van der Waals surface area contributed by atoms with Gasteiger partial charge in [-0.1, -0.05) is 92.0 Å². The largest absolute Gasteiger partial charge is 0.333 e. The molecule has 0 aliphatic carbocycles. The van der Waals surface area contributed by atoms with Gasteiger partial charge in [-0.2, -0.15) is 11.3 Å². The van der Waals surface area contributed by atoms with E-state index in [1.54, 1.807) is 4.40 Å². The van der Waals surface area contributed by atoms with Crippen LogP contribution in [0.25, 0.3) is 92.2 Å². The first-order valence-corrected chi connectivity index (χ1v) is 31.0. The summed E-state index contributed by atoms with van der Waals surface area (Å²) in [5.74, 6) is 9.24. The van der Waals surface area contributed by atoms with Gasteiger partial charge in [-0.25, -0.2) is 0 Å². The van der Waals surface area contributed by atoms with E-state index in [0.717, 1.165) is 45.8 Å². The molecule has 6 heteroatoms. The molecule has 0 saturated carbocycles. The Hall–Kier alpha value is -5.69. The minimum Gasteiger partial charge on any atom is -0.333 e. The second-order valence-corrected chi connectivity index (χ2v) is 30.7. The first-order valence-electron chi connectivity index (χ1n) is 22.8. The average molecular weight is 1110 g/mol. The summed E-state index contributed by atoms with van der Waals surface area (Å²) in [5, 5.41) is 7.62. The molecule has 0 N–H and O–H groups in total. The third kappa shape index (κ3) is 9.07. The first kappa shape index (κ1) is 45.5. The number of pyridine rings is 1. The van der Waals surface area contributed by atoms with Crippen molar-refractivity contribution >= 4 is 81.7 Å². The normalized spacial score (nSPS) is 11.8. The van der Waals surface area contributed by atoms with Crippen LogP contribution in [0.4, 0.5) is 0 Å². The molecule has 0 spiro atoms. The maximum absolute atomic E-state index is 5.23. The van der Waals surface area contributed by atoms with E-state index in [-0.39, 0.29) is 20.1 Å². The van der Waals surface area contributed by atoms with E-state index < -0.39 is 13.3 Å². The Bertz CT molecular complexity index is 3510. The molecule has 0 saturated heterocycles. The Morgan fingerprint density at radius 2 is 1.32 bits per heavy atom. The molecular formula is C60H53GeIrN3S-2. The van der Waals surface area contributed by atoms with E-state index in [4.69, 9.17) is 9.97 Å². The maximum Gasteiger partial charge on any atom is 0.0774 e. The van der Waals surface area contributed by atoms with Crippen LogP contribution < -0.4 is 4.40 Å². The Labute approximate surface area is 409 Å². The molecule has 0 aliphatic heterocycles. The third-order valence-electron chi connectivity index (χ3n) is 12.4. The fourth-order valence-corrected chi connectivity index (χ4v) is 13.7. The van der Waals surface area contributed by atoms with Gasteiger partial charge in [0.15, 0.2) is 0 Å². The Morgan fingerprint density at radius 1 is 0.621 bits per heavy atom. The summed E-state index contributed by atoms with van der Waals surface area (Å²) in [4.78, 5) is 9.93. The van der Waals surface area contributed by atoms with Crippen LogP contribution in [-0.4, -0.2) is 27.8 Å². The average Bonchev–Trinajstić information content (AvgIpc) is 3.88. The molecule has 1 radical (unpaired) electrons. The number of rotatable bonds is 8. The van der Waals surface area contributed by atoms with Crippen molar-refractivity contribution in [1.29, 1.82) is 0 Å². The molecule has 0 bridgehead atoms. The predicted molar refractivity (Wildman–Crippen MR) is 283 cm³/mol. The van der Waals surface area contributed by atoms with Crippen molar-refractivity contribution in [1.82, 2.24) is 14.5 Å². The van der Waals surface area contributed by atoms with Crippen LogP contribution in [0, 0.1) is 18.1 Å². The quantitative estimate of drug-likeness (QED) is 0.0862. The number of para-hydroxylation sites is 2. The number of nitrogens with zero attached hydrogens (tertiary/aromatic N) is 3. The van der Waals surface area contributed by atoms with Gasteiger partial charge in [-0.05, 0) is 103 Å². The van der Waals surface area contributed by atoms with Gasteiger partial charge >= 0.3 is 126 Å². The fourth-order valence-electron chi connectivity index (χ4n) is 9.25. The zero-order valence-corrected chi connectivity index (χ0v) is 43.9. The molecule has 329 valence electrons. The third-order valence-corrected chi connectivity index (χ3v) is 17.9. The van der Waals surface area contributed by atoms with Gasteiger partial charge in [0, 0.05) is 30.5 Å². The molecule has 3 heterocycles. The Morgan fingerprint density at radius 3 is 2.03 bits per heavy atom. The zero-order chi connectivity index (χ0) is 44.8. The van der Waals surface area contributed by atoms with Gasteiger partial charge in [0.1, 0.15) is 0 Å². The molecule has 8 aromatic carbocycles. The van der Waals surface area contributed by atoms with Crippen molar-refractivity contribution in [3.63, 3.8) is 0 Å². The topological polar surface area (TPSA) is 30.7 Å². The fraction of sp³-hybridized carbons (Fsp3) is 0.167. The van der Waals surface area contributed by atoms with Crippen molar-refractivity contribution < 1.29 is 20.1 Å². The zero-order valence-electron chi connectivity index (χ0n) is 38.6. The minimum absolute atomic E-state index is 0. The SMILES string of the molecule is CC(C)Cc1cc(-c2[c-]cccc2)nc[c]1[Ge]([CH3])([CH3])[CH3].CC(C)c1cc(-c2ccccc2)ccc1-n1c(-c2[c-]cc3sc4cc5cc6ccccc6cc5cc4c3c2)nc2ccccc21.[Ir]. The molecule has 11 rings (SSSR count). The number of thiophene rings is 1. The van der Waals surface area contributed by atoms with E-state index in [1.807, 2.05) is 29.5 Å². The van der Waals surface area contributed by atoms with Gasteiger partial charge in [0.05, 0.1) is 16.9 Å². The monoisotopic (exact) mass is 1110 g/mol. The number of aromatic nitrogens is 3. The first-order chi connectivity index (χ1) is 31.5. The van der Waals surface area contributed by atoms with Crippen LogP contribution in [0.2, 0.25) is 17.3 Å². The standard InChI is InChI=1S/C42H29N2S.C18H24GeN.Ir/c1-26(2)34-22-30(27-10-4-3-5-11-27)16-18-38(34)44-39-15-9-8-14-37(39)43-42(44)31-17-19-40-35(23-31)36-24-32-20-28-12-6-7-13-29(28)21-33(32)25-41(36)45-40;1-14(2)11-16-12-18(15-9-7-6-8-10-15)20-13-17(16)19(3,4)5;/h3-16,18-26H,1-2H3;6-9,12-14H,11H2,1-5H3;/q2*-1;. The molecule has 3 aromatic heterocycles. The Kier molecular flexibility index (Phi) is 13.0. The Balaban J connectivity index is 0.000000221. The summed E-state index contributed by atoms with van der Waals surface area (Å²) in [7, 11) is 0. The van der Waals surface area contributed by atoms with Crippen LogP contribution in [0.1, 0.15) is 44.7 Å². The van der Waals surface area contributed by atoms with Crippen molar-refractivity contribution in [2.24, 2.45) is 5.92 Å². The number of benzene rings is 8. The van der Waals surface area contributed by atoms with Crippen molar-refractivity contribution in [3.05, 3.63) is 193 Å². The van der Waals surface area contributed by atoms with E-state index in [9.17, 15) is 0 Å². The van der Waals surface area contributed by atoms with Crippen molar-refractivity contribution in [3.8, 4) is 39.5 Å². The maximum atomic E-state index is 5.23. The number of hydrogen-bond donors (Lipinski definition) is 0. The summed E-state index contributed by atoms with van der Waals surface area (Å²) >= 11 is -0.0192. The second-order valence-electron chi connectivity index (χ2n) is 19.0. The van der Waals surface area contributed by atoms with E-state index in [1.165, 1.54) is 64.0 Å². The van der Waals surface area contributed by atoms with Gasteiger partial charge < -0.3 is 4.57 Å². The van der Waals surface area contributed by atoms with E-state index in [0.29, 0.717) is 11.8 Å². The molecule has 11 aromatic rings. The van der Waals surface area contributed by atoms with Gasteiger partial charge in [0.25, 0.3) is 0 Å². The summed E-state index contributed by atoms with van der Waals surface area (Å²) < 4.78 is 6.42. The molecule has 3 nitrogen and oxygen atoms in total. The molecule has 0 amide bonds. The number of imidazole rings is 1. The molecule has 0 aliphatic rings. The molecule has 66 heavy (non-hydrogen) atoms. The number of fused-ring (bicyclic) bond motifs is 6. The summed E-state index contributed by atoms with van der Waals surface area (Å²) in [5.41, 5.74) is 11.6. The van der Waals surface area contributed by atoms with Crippen LogP contribution in [0.5, 0.6) is 0 Å². The molecule has 0 unspecified atom stereocenters. The molecular weight excluding hydrogens is 1060 g/mol. The molecule has 0 atom stereocenters. The summed E-state index contributed by atoms with van der Waals surface area (Å²) in [6.45, 7) is 9.12.